The van der Waals surface area contributed by atoms with Crippen molar-refractivity contribution in [2.75, 3.05) is 18.9 Å². The van der Waals surface area contributed by atoms with Gasteiger partial charge in [0.05, 0.1) is 21.0 Å². The van der Waals surface area contributed by atoms with Crippen LogP contribution in [0.4, 0.5) is 61.0 Å². The van der Waals surface area contributed by atoms with Crippen LogP contribution in [0.3, 0.4) is 0 Å². The summed E-state index contributed by atoms with van der Waals surface area (Å²) in [5.74, 6) is -2.77. The van der Waals surface area contributed by atoms with Crippen molar-refractivity contribution in [3.8, 4) is 11.5 Å². The Kier molecular flexibility index (Phi) is 17.0. The molecule has 0 unspecified atom stereocenters. The molecule has 53 heavy (non-hydrogen) atoms. The summed E-state index contributed by atoms with van der Waals surface area (Å²) in [6.45, 7) is 1.95. The molecular formula is C33H33F10N3O7. The van der Waals surface area contributed by atoms with Gasteiger partial charge in [-0.15, -0.1) is 0 Å². The van der Waals surface area contributed by atoms with Crippen LogP contribution in [0.5, 0.6) is 11.5 Å². The number of phenolic OH excluding ortho intramolecular Hbond substituents is 1. The second-order valence-electron chi connectivity index (χ2n) is 10.2. The van der Waals surface area contributed by atoms with E-state index in [1.54, 1.807) is 30.3 Å². The number of hydrogen-bond acceptors (Lipinski definition) is 8. The van der Waals surface area contributed by atoms with Crippen molar-refractivity contribution in [1.82, 2.24) is 0 Å². The van der Waals surface area contributed by atoms with Crippen LogP contribution < -0.4 is 10.5 Å². The van der Waals surface area contributed by atoms with Crippen LogP contribution in [0.25, 0.3) is 0 Å². The van der Waals surface area contributed by atoms with Gasteiger partial charge in [-0.3, -0.25) is 20.2 Å². The summed E-state index contributed by atoms with van der Waals surface area (Å²) in [6, 6.07) is 15.1. The van der Waals surface area contributed by atoms with Crippen LogP contribution in [0.1, 0.15) is 43.9 Å². The fourth-order valence-corrected chi connectivity index (χ4v) is 3.85. The second-order valence-corrected chi connectivity index (χ2v) is 10.2. The van der Waals surface area contributed by atoms with Gasteiger partial charge in [0, 0.05) is 44.6 Å². The number of phenols is 1. The smallest absolute Gasteiger partial charge is 0.420 e. The number of nitrogens with zero attached hydrogens (tertiary/aromatic N) is 2. The van der Waals surface area contributed by atoms with Crippen LogP contribution in [0.2, 0.25) is 0 Å². The van der Waals surface area contributed by atoms with E-state index < -0.39 is 73.8 Å². The van der Waals surface area contributed by atoms with Gasteiger partial charge < -0.3 is 20.3 Å². The van der Waals surface area contributed by atoms with Crippen molar-refractivity contribution < 1.29 is 69.8 Å². The molecule has 0 aliphatic carbocycles. The Morgan fingerprint density at radius 1 is 0.717 bits per heavy atom. The van der Waals surface area contributed by atoms with Crippen molar-refractivity contribution in [2.24, 2.45) is 0 Å². The Labute approximate surface area is 296 Å². The lowest BCUT2D eigenvalue weighted by atomic mass is 10.1. The summed E-state index contributed by atoms with van der Waals surface area (Å²) >= 11 is 0. The van der Waals surface area contributed by atoms with Gasteiger partial charge in [0.15, 0.2) is 0 Å². The minimum atomic E-state index is -4.92. The number of non-ortho nitro benzene ring substituents is 2. The van der Waals surface area contributed by atoms with Crippen molar-refractivity contribution in [3.63, 3.8) is 0 Å². The summed E-state index contributed by atoms with van der Waals surface area (Å²) in [5, 5.41) is 29.5. The average Bonchev–Trinajstić information content (AvgIpc) is 3.65. The SMILES string of the molecule is C.C1CCOC1.Nc1ccc(O)c(C(F)(F)F)c1.O=[N+]([O-])c1ccc(F)c(C(F)(F)F)c1.O=[N+]([O-])c1ccc(OCc2ccccc2)c(C(F)(F)F)c1.[HH]. The summed E-state index contributed by atoms with van der Waals surface area (Å²) in [4.78, 5) is 18.8. The van der Waals surface area contributed by atoms with E-state index >= 15 is 0 Å². The van der Waals surface area contributed by atoms with E-state index in [2.05, 4.69) is 0 Å². The summed E-state index contributed by atoms with van der Waals surface area (Å²) < 4.78 is 134. The van der Waals surface area contributed by atoms with Gasteiger partial charge in [-0.1, -0.05) is 37.8 Å². The fourth-order valence-electron chi connectivity index (χ4n) is 3.85. The molecule has 0 spiro atoms. The number of nitro groups is 2. The first-order valence-corrected chi connectivity index (χ1v) is 14.4. The molecule has 1 saturated heterocycles. The van der Waals surface area contributed by atoms with E-state index in [0.29, 0.717) is 29.8 Å². The van der Waals surface area contributed by atoms with E-state index in [-0.39, 0.29) is 27.2 Å². The minimum absolute atomic E-state index is 0. The molecule has 4 aromatic rings. The number of anilines is 1. The van der Waals surface area contributed by atoms with Gasteiger partial charge in [-0.05, 0) is 48.7 Å². The first-order valence-electron chi connectivity index (χ1n) is 14.4. The number of aromatic hydroxyl groups is 1. The van der Waals surface area contributed by atoms with Gasteiger partial charge in [0.2, 0.25) is 0 Å². The molecule has 3 N–H and O–H groups in total. The third-order valence-electron chi connectivity index (χ3n) is 6.34. The highest BCUT2D eigenvalue weighted by Crippen LogP contribution is 2.39. The maximum Gasteiger partial charge on any atom is 0.420 e. The van der Waals surface area contributed by atoms with Gasteiger partial charge in [-0.2, -0.15) is 39.5 Å². The zero-order chi connectivity index (χ0) is 39.3. The first-order chi connectivity index (χ1) is 24.1. The van der Waals surface area contributed by atoms with Gasteiger partial charge in [0.25, 0.3) is 11.4 Å². The van der Waals surface area contributed by atoms with Crippen LogP contribution in [0.15, 0.2) is 84.9 Å². The highest BCUT2D eigenvalue weighted by molar-refractivity contribution is 5.48. The van der Waals surface area contributed by atoms with Crippen molar-refractivity contribution in [2.45, 2.75) is 45.4 Å². The second kappa shape index (κ2) is 19.8. The molecule has 0 bridgehead atoms. The molecule has 0 saturated carbocycles. The monoisotopic (exact) mass is 773 g/mol. The Morgan fingerprint density at radius 3 is 1.64 bits per heavy atom. The largest absolute Gasteiger partial charge is 0.507 e. The molecule has 0 radical (unpaired) electrons. The number of nitro benzene ring substituents is 2. The summed E-state index contributed by atoms with van der Waals surface area (Å²) in [5.41, 5.74) is 0.459. The first kappa shape index (κ1) is 45.4. The Balaban J connectivity index is 0.000000744. The van der Waals surface area contributed by atoms with Crippen molar-refractivity contribution >= 4 is 17.1 Å². The Morgan fingerprint density at radius 2 is 1.21 bits per heavy atom. The molecule has 4 aromatic carbocycles. The number of nitrogens with two attached hydrogens (primary N) is 1. The number of benzene rings is 4. The average molecular weight is 774 g/mol. The molecule has 10 nitrogen and oxygen atoms in total. The lowest BCUT2D eigenvalue weighted by molar-refractivity contribution is -0.385. The molecule has 20 heteroatoms. The number of nitrogen functional groups attached to an aromatic ring is 1. The predicted molar refractivity (Wildman–Crippen MR) is 173 cm³/mol. The van der Waals surface area contributed by atoms with Crippen LogP contribution >= 0.6 is 0 Å². The summed E-state index contributed by atoms with van der Waals surface area (Å²) in [7, 11) is 0. The topological polar surface area (TPSA) is 151 Å². The highest BCUT2D eigenvalue weighted by Gasteiger charge is 2.37. The molecule has 1 heterocycles. The molecule has 292 valence electrons. The van der Waals surface area contributed by atoms with Crippen LogP contribution in [0, 0.1) is 26.0 Å². The van der Waals surface area contributed by atoms with Gasteiger partial charge >= 0.3 is 18.5 Å². The van der Waals surface area contributed by atoms with Crippen molar-refractivity contribution in [3.05, 3.63) is 133 Å². The molecule has 5 rings (SSSR count). The number of rotatable bonds is 5. The third kappa shape index (κ3) is 15.2. The number of halogens is 10. The highest BCUT2D eigenvalue weighted by atomic mass is 19.4. The minimum Gasteiger partial charge on any atom is -0.507 e. The molecule has 1 aliphatic rings. The van der Waals surface area contributed by atoms with Gasteiger partial charge in [-0.25, -0.2) is 4.39 Å². The Hall–Kier alpha value is -5.66. The van der Waals surface area contributed by atoms with E-state index in [1.807, 2.05) is 0 Å². The maximum absolute atomic E-state index is 12.9. The Bertz CT molecular complexity index is 1780. The quantitative estimate of drug-likeness (QED) is 0.0669. The third-order valence-corrected chi connectivity index (χ3v) is 6.34. The molecule has 1 fully saturated rings. The zero-order valence-corrected chi connectivity index (χ0v) is 26.3. The standard InChI is InChI=1S/C14H10F3NO3.C7H3F4NO2.C7H6F3NO.C4H8O.CH4.H2/c15-14(16,17)12-8-11(18(19)20)6-7-13(12)21-9-10-4-2-1-3-5-10;8-6-2-1-4(12(13)14)3-5(6)7(9,10)11;8-7(9,10)5-3-4(11)1-2-6(5)12;1-2-4-5-3-1;;/h1-8H,9H2;1-3H;1-3,12H,11H2;1-4H2;1H4;1H. The normalized spacial score (nSPS) is 12.3. The number of hydrogen-bond donors (Lipinski definition) is 2. The molecular weight excluding hydrogens is 740 g/mol. The molecule has 0 amide bonds. The van der Waals surface area contributed by atoms with E-state index in [1.165, 1.54) is 18.9 Å². The van der Waals surface area contributed by atoms with E-state index in [0.717, 1.165) is 31.4 Å². The van der Waals surface area contributed by atoms with Crippen LogP contribution in [-0.4, -0.2) is 28.2 Å². The van der Waals surface area contributed by atoms with Crippen LogP contribution in [-0.2, 0) is 29.9 Å². The molecule has 0 atom stereocenters. The lowest BCUT2D eigenvalue weighted by Crippen LogP contribution is -2.09. The zero-order valence-electron chi connectivity index (χ0n) is 26.3. The summed E-state index contributed by atoms with van der Waals surface area (Å²) in [6.07, 6.45) is -11.6. The van der Waals surface area contributed by atoms with Gasteiger partial charge in [0.1, 0.15) is 29.5 Å². The van der Waals surface area contributed by atoms with Crippen molar-refractivity contribution in [1.29, 1.82) is 0 Å². The molecule has 0 aromatic heterocycles. The van der Waals surface area contributed by atoms with E-state index in [9.17, 15) is 64.1 Å². The fraction of sp³-hybridized carbons (Fsp3) is 0.273. The number of alkyl halides is 9. The predicted octanol–water partition coefficient (Wildman–Crippen LogP) is 10.6. The molecule has 1 aliphatic heterocycles. The van der Waals surface area contributed by atoms with E-state index in [4.69, 9.17) is 20.3 Å². The number of ether oxygens (including phenoxy) is 2. The maximum atomic E-state index is 12.9. The lowest BCUT2D eigenvalue weighted by Gasteiger charge is -2.13.